The van der Waals surface area contributed by atoms with Crippen LogP contribution in [0.2, 0.25) is 0 Å². The van der Waals surface area contributed by atoms with Crippen molar-refractivity contribution >= 4 is 6.08 Å². The van der Waals surface area contributed by atoms with Crippen molar-refractivity contribution in [2.75, 3.05) is 33.4 Å². The van der Waals surface area contributed by atoms with Crippen molar-refractivity contribution in [1.82, 2.24) is 0 Å². The first-order valence-electron chi connectivity index (χ1n) is 8.60. The topological polar surface area (TPSA) is 22.9 Å². The largest absolute Gasteiger partial charge is 0.493 e. The van der Waals surface area contributed by atoms with Crippen molar-refractivity contribution < 1.29 is 14.4 Å². The lowest BCUT2D eigenvalue weighted by atomic mass is 10.2. The molecular formula is C19H30NO2+. The normalized spacial score (nSPS) is 16.6. The number of hydrogen-bond donors (Lipinski definition) is 1. The molecule has 0 spiro atoms. The van der Waals surface area contributed by atoms with Crippen molar-refractivity contribution in [2.24, 2.45) is 0 Å². The Morgan fingerprint density at radius 1 is 1.09 bits per heavy atom. The Bertz CT molecular complexity index is 463. The van der Waals surface area contributed by atoms with Crippen LogP contribution in [-0.4, -0.2) is 33.4 Å². The molecule has 0 radical (unpaired) electrons. The third kappa shape index (κ3) is 5.38. The van der Waals surface area contributed by atoms with Crippen LogP contribution in [0.3, 0.4) is 0 Å². The Morgan fingerprint density at radius 2 is 1.86 bits per heavy atom. The van der Waals surface area contributed by atoms with E-state index < -0.39 is 0 Å². The van der Waals surface area contributed by atoms with E-state index in [0.717, 1.165) is 30.1 Å². The molecule has 0 amide bonds. The number of ether oxygens (including phenoxy) is 2. The number of allylic oxidation sites excluding steroid dienone is 1. The molecule has 1 aromatic rings. The lowest BCUT2D eigenvalue weighted by molar-refractivity contribution is -0.899. The highest BCUT2D eigenvalue weighted by Gasteiger charge is 2.12. The van der Waals surface area contributed by atoms with Gasteiger partial charge in [-0.3, -0.25) is 0 Å². The molecule has 0 aliphatic carbocycles. The van der Waals surface area contributed by atoms with Gasteiger partial charge in [0.15, 0.2) is 11.5 Å². The molecule has 0 aromatic heterocycles. The molecule has 3 nitrogen and oxygen atoms in total. The molecule has 1 saturated heterocycles. The van der Waals surface area contributed by atoms with Gasteiger partial charge in [-0.1, -0.05) is 18.2 Å². The lowest BCUT2D eigenvalue weighted by Gasteiger charge is -2.17. The van der Waals surface area contributed by atoms with Crippen LogP contribution in [0.4, 0.5) is 0 Å². The maximum absolute atomic E-state index is 5.92. The maximum atomic E-state index is 5.92. The fourth-order valence-electron chi connectivity index (χ4n) is 3.08. The summed E-state index contributed by atoms with van der Waals surface area (Å²) >= 11 is 0. The highest BCUT2D eigenvalue weighted by Crippen LogP contribution is 2.28. The Kier molecular flexibility index (Phi) is 7.31. The molecule has 1 aliphatic rings. The third-order valence-corrected chi connectivity index (χ3v) is 4.29. The number of rotatable bonds is 7. The van der Waals surface area contributed by atoms with E-state index >= 15 is 0 Å². The van der Waals surface area contributed by atoms with Gasteiger partial charge >= 0.3 is 0 Å². The zero-order valence-electron chi connectivity index (χ0n) is 14.1. The van der Waals surface area contributed by atoms with Crippen molar-refractivity contribution in [3.63, 3.8) is 0 Å². The summed E-state index contributed by atoms with van der Waals surface area (Å²) in [5.74, 6) is 1.67. The van der Waals surface area contributed by atoms with Crippen LogP contribution >= 0.6 is 0 Å². The molecule has 1 fully saturated rings. The fraction of sp³-hybridized carbons (Fsp3) is 0.579. The van der Waals surface area contributed by atoms with Gasteiger partial charge in [0.2, 0.25) is 0 Å². The summed E-state index contributed by atoms with van der Waals surface area (Å²) in [5.41, 5.74) is 1.14. The average Bonchev–Trinajstić information content (AvgIpc) is 2.81. The molecule has 3 heteroatoms. The van der Waals surface area contributed by atoms with Crippen molar-refractivity contribution in [2.45, 2.75) is 39.0 Å². The predicted molar refractivity (Wildman–Crippen MR) is 91.8 cm³/mol. The molecule has 122 valence electrons. The average molecular weight is 304 g/mol. The van der Waals surface area contributed by atoms with Crippen LogP contribution in [0.1, 0.15) is 44.6 Å². The predicted octanol–water partition coefficient (Wildman–Crippen LogP) is 2.96. The molecular weight excluding hydrogens is 274 g/mol. The van der Waals surface area contributed by atoms with Crippen LogP contribution in [0.25, 0.3) is 6.08 Å². The second-order valence-corrected chi connectivity index (χ2v) is 6.03. The summed E-state index contributed by atoms with van der Waals surface area (Å²) < 4.78 is 11.4. The van der Waals surface area contributed by atoms with Gasteiger partial charge in [0.25, 0.3) is 0 Å². The monoisotopic (exact) mass is 304 g/mol. The van der Waals surface area contributed by atoms with Gasteiger partial charge in [0.05, 0.1) is 33.4 Å². The summed E-state index contributed by atoms with van der Waals surface area (Å²) in [5, 5.41) is 0. The zero-order valence-corrected chi connectivity index (χ0v) is 14.1. The maximum Gasteiger partial charge on any atom is 0.161 e. The fourth-order valence-corrected chi connectivity index (χ4v) is 3.08. The van der Waals surface area contributed by atoms with Gasteiger partial charge in [0, 0.05) is 6.42 Å². The van der Waals surface area contributed by atoms with E-state index in [4.69, 9.17) is 9.47 Å². The Morgan fingerprint density at radius 3 is 2.55 bits per heavy atom. The zero-order chi connectivity index (χ0) is 15.6. The van der Waals surface area contributed by atoms with Crippen LogP contribution < -0.4 is 14.4 Å². The summed E-state index contributed by atoms with van der Waals surface area (Å²) in [7, 11) is 1.70. The van der Waals surface area contributed by atoms with Crippen LogP contribution in [0.5, 0.6) is 11.5 Å². The van der Waals surface area contributed by atoms with Crippen molar-refractivity contribution in [3.8, 4) is 11.5 Å². The van der Waals surface area contributed by atoms with E-state index in [9.17, 15) is 0 Å². The minimum absolute atomic E-state index is 0.767. The van der Waals surface area contributed by atoms with Gasteiger partial charge < -0.3 is 14.4 Å². The van der Waals surface area contributed by atoms with Crippen molar-refractivity contribution in [3.05, 3.63) is 29.8 Å². The van der Waals surface area contributed by atoms with E-state index in [2.05, 4.69) is 12.1 Å². The van der Waals surface area contributed by atoms with Crippen LogP contribution in [0.15, 0.2) is 24.3 Å². The quantitative estimate of drug-likeness (QED) is 0.783. The standard InChI is InChI=1S/C19H29NO2/c1-3-9-17-10-11-18(19(16-17)21-2)22-15-8-14-20-12-6-4-5-7-13-20/h3,9-11,16H,4-8,12-15H2,1-2H3/p+1/b9-3+. The minimum Gasteiger partial charge on any atom is -0.493 e. The van der Waals surface area contributed by atoms with E-state index in [1.165, 1.54) is 45.3 Å². The smallest absolute Gasteiger partial charge is 0.161 e. The van der Waals surface area contributed by atoms with Crippen LogP contribution in [0, 0.1) is 0 Å². The van der Waals surface area contributed by atoms with Gasteiger partial charge in [-0.25, -0.2) is 0 Å². The number of quaternary nitrogens is 1. The van der Waals surface area contributed by atoms with E-state index in [0.29, 0.717) is 0 Å². The lowest BCUT2D eigenvalue weighted by Crippen LogP contribution is -3.11. The number of benzene rings is 1. The summed E-state index contributed by atoms with van der Waals surface area (Å²) in [6.45, 7) is 6.67. The second kappa shape index (κ2) is 9.52. The molecule has 1 N–H and O–H groups in total. The number of likely N-dealkylation sites (tertiary alicyclic amines) is 1. The number of hydrogen-bond acceptors (Lipinski definition) is 2. The molecule has 0 unspecified atom stereocenters. The highest BCUT2D eigenvalue weighted by atomic mass is 16.5. The summed E-state index contributed by atoms with van der Waals surface area (Å²) in [6, 6.07) is 6.10. The van der Waals surface area contributed by atoms with Gasteiger partial charge in [0.1, 0.15) is 0 Å². The van der Waals surface area contributed by atoms with E-state index in [-0.39, 0.29) is 0 Å². The summed E-state index contributed by atoms with van der Waals surface area (Å²) in [4.78, 5) is 1.75. The van der Waals surface area contributed by atoms with Crippen molar-refractivity contribution in [1.29, 1.82) is 0 Å². The second-order valence-electron chi connectivity index (χ2n) is 6.03. The first-order chi connectivity index (χ1) is 10.8. The SMILES string of the molecule is C/C=C/c1ccc(OCCC[NH+]2CCCCCC2)c(OC)c1. The highest BCUT2D eigenvalue weighted by molar-refractivity contribution is 5.55. The number of methoxy groups -OCH3 is 1. The Labute approximate surface area is 134 Å². The molecule has 0 atom stereocenters. The van der Waals surface area contributed by atoms with Gasteiger partial charge in [-0.2, -0.15) is 0 Å². The van der Waals surface area contributed by atoms with E-state index in [1.807, 2.05) is 25.1 Å². The van der Waals surface area contributed by atoms with Gasteiger partial charge in [-0.15, -0.1) is 0 Å². The molecule has 22 heavy (non-hydrogen) atoms. The number of nitrogens with one attached hydrogen (secondary N) is 1. The van der Waals surface area contributed by atoms with Gasteiger partial charge in [-0.05, 0) is 50.3 Å². The molecule has 1 aromatic carbocycles. The molecule has 2 rings (SSSR count). The first kappa shape index (κ1) is 16.9. The van der Waals surface area contributed by atoms with Crippen LogP contribution in [-0.2, 0) is 0 Å². The van der Waals surface area contributed by atoms with E-state index in [1.54, 1.807) is 12.0 Å². The Balaban J connectivity index is 1.78. The molecule has 0 bridgehead atoms. The molecule has 0 saturated carbocycles. The summed E-state index contributed by atoms with van der Waals surface area (Å²) in [6.07, 6.45) is 10.8. The molecule has 1 aliphatic heterocycles. The Hall–Kier alpha value is -1.48. The third-order valence-electron chi connectivity index (χ3n) is 4.29. The first-order valence-corrected chi connectivity index (χ1v) is 8.60. The minimum atomic E-state index is 0.767. The molecule has 1 heterocycles.